The number of nitriles is 1. The summed E-state index contributed by atoms with van der Waals surface area (Å²) in [5.41, 5.74) is 2.66. The van der Waals surface area contributed by atoms with Crippen LogP contribution in [0.1, 0.15) is 64.3 Å². The maximum atomic E-state index is 10.5. The molecule has 2 radical (unpaired) electrons. The summed E-state index contributed by atoms with van der Waals surface area (Å²) in [7, 11) is -2.41. The Labute approximate surface area is 137 Å². The van der Waals surface area contributed by atoms with Gasteiger partial charge in [0, 0.05) is 10.8 Å². The van der Waals surface area contributed by atoms with Crippen molar-refractivity contribution in [1.29, 1.82) is 5.26 Å². The van der Waals surface area contributed by atoms with Crippen LogP contribution in [-0.2, 0) is 5.41 Å². The summed E-state index contributed by atoms with van der Waals surface area (Å²) in [5, 5.41) is 9.25. The van der Waals surface area contributed by atoms with E-state index in [0.29, 0.717) is 0 Å². The summed E-state index contributed by atoms with van der Waals surface area (Å²) >= 11 is 0. The van der Waals surface area contributed by atoms with Gasteiger partial charge in [-0.2, -0.15) is 5.26 Å². The quantitative estimate of drug-likeness (QED) is 0.811. The van der Waals surface area contributed by atoms with Crippen molar-refractivity contribution in [2.45, 2.75) is 64.7 Å². The van der Waals surface area contributed by atoms with E-state index in [9.17, 15) is 9.81 Å². The lowest BCUT2D eigenvalue weighted by atomic mass is 9.84. The molecule has 0 aliphatic carbocycles. The lowest BCUT2D eigenvalue weighted by Crippen LogP contribution is -2.35. The van der Waals surface area contributed by atoms with Gasteiger partial charge in [0.1, 0.15) is 0 Å². The molecule has 0 fully saturated rings. The van der Waals surface area contributed by atoms with Crippen molar-refractivity contribution in [2.24, 2.45) is 0 Å². The third-order valence-electron chi connectivity index (χ3n) is 4.03. The highest BCUT2D eigenvalue weighted by atomic mass is 32.3. The second kappa shape index (κ2) is 6.23. The zero-order chi connectivity index (χ0) is 17.3. The molecule has 0 amide bonds. The molecule has 22 heavy (non-hydrogen) atoms. The molecule has 0 spiro atoms. The lowest BCUT2D eigenvalue weighted by Gasteiger charge is -2.44. The number of aryl methyl sites for hydroxylation is 1. The molecule has 0 aliphatic heterocycles. The predicted octanol–water partition coefficient (Wildman–Crippen LogP) is 5.11. The number of nitrogens with zero attached hydrogens (tertiary/aromatic N) is 1. The molecule has 2 N–H and O–H groups in total. The lowest BCUT2D eigenvalue weighted by molar-refractivity contribution is 0.553. The average Bonchev–Trinajstić information content (AvgIpc) is 2.36. The Morgan fingerprint density at radius 3 is 2.23 bits per heavy atom. The molecule has 3 nitrogen and oxygen atoms in total. The van der Waals surface area contributed by atoms with Crippen LogP contribution in [-0.4, -0.2) is 9.30 Å². The van der Waals surface area contributed by atoms with Crippen molar-refractivity contribution in [3.05, 3.63) is 41.1 Å². The molecule has 0 bridgehead atoms. The highest BCUT2D eigenvalue weighted by Crippen LogP contribution is 2.52. The monoisotopic (exact) mass is 320 g/mol. The van der Waals surface area contributed by atoms with Crippen molar-refractivity contribution >= 4 is 10.5 Å². The van der Waals surface area contributed by atoms with E-state index in [4.69, 9.17) is 6.26 Å². The van der Waals surface area contributed by atoms with Crippen LogP contribution in [0.4, 0.5) is 0 Å². The Kier molecular flexibility index (Phi) is 5.39. The van der Waals surface area contributed by atoms with E-state index in [2.05, 4.69) is 10.8 Å². The molecule has 4 heteroatoms. The molecular weight excluding hydrogens is 292 g/mol. The zero-order valence-corrected chi connectivity index (χ0v) is 15.5. The van der Waals surface area contributed by atoms with Gasteiger partial charge >= 0.3 is 0 Å². The first-order chi connectivity index (χ1) is 9.82. The fraction of sp³-hybridized carbons (Fsp3) is 0.556. The molecule has 122 valence electrons. The Morgan fingerprint density at radius 2 is 1.82 bits per heavy atom. The van der Waals surface area contributed by atoms with Gasteiger partial charge in [0.25, 0.3) is 0 Å². The Balaban J connectivity index is 3.07. The second-order valence-electron chi connectivity index (χ2n) is 7.39. The topological polar surface area (TPSA) is 56.0 Å². The van der Waals surface area contributed by atoms with Crippen LogP contribution in [0.2, 0.25) is 0 Å². The van der Waals surface area contributed by atoms with Crippen LogP contribution in [0.3, 0.4) is 0 Å². The van der Waals surface area contributed by atoms with E-state index in [1.54, 1.807) is 0 Å². The molecule has 0 aromatic heterocycles. The molecule has 1 unspecified atom stereocenters. The molecule has 2 atom stereocenters. The van der Waals surface area contributed by atoms with Gasteiger partial charge < -0.3 is 4.55 Å². The Morgan fingerprint density at radius 1 is 1.27 bits per heavy atom. The number of nitrogens with one attached hydrogen (secondary N) is 1. The molecule has 0 heterocycles. The minimum absolute atomic E-state index is 0.0662. The van der Waals surface area contributed by atoms with E-state index >= 15 is 0 Å². The van der Waals surface area contributed by atoms with Crippen LogP contribution in [0, 0.1) is 24.5 Å². The van der Waals surface area contributed by atoms with E-state index in [1.807, 2.05) is 66.7 Å². The van der Waals surface area contributed by atoms with Gasteiger partial charge in [0.05, 0.1) is 17.7 Å². The first-order valence-corrected chi connectivity index (χ1v) is 9.10. The largest absolute Gasteiger partial charge is 0.337 e. The summed E-state index contributed by atoms with van der Waals surface area (Å²) in [6, 6.07) is 8.29. The molecule has 0 saturated carbocycles. The summed E-state index contributed by atoms with van der Waals surface area (Å²) in [4.78, 5) is 0. The smallest absolute Gasteiger partial charge is 0.0766 e. The van der Waals surface area contributed by atoms with Gasteiger partial charge in [-0.05, 0) is 65.2 Å². The van der Waals surface area contributed by atoms with Crippen LogP contribution in [0.5, 0.6) is 0 Å². The number of hydrogen-bond acceptors (Lipinski definition) is 3. The first kappa shape index (κ1) is 19.0. The summed E-state index contributed by atoms with van der Waals surface area (Å²) < 4.78 is 13.3. The van der Waals surface area contributed by atoms with E-state index < -0.39 is 20.7 Å². The van der Waals surface area contributed by atoms with Crippen molar-refractivity contribution in [2.75, 3.05) is 0 Å². The summed E-state index contributed by atoms with van der Waals surface area (Å²) in [5.74, 6) is 0. The highest BCUT2D eigenvalue weighted by Gasteiger charge is 2.32. The van der Waals surface area contributed by atoms with Gasteiger partial charge in [0.15, 0.2) is 0 Å². The molecule has 1 rings (SSSR count). The summed E-state index contributed by atoms with van der Waals surface area (Å²) in [6.45, 7) is 13.6. The Hall–Kier alpha value is -1.02. The van der Waals surface area contributed by atoms with Crippen molar-refractivity contribution in [3.63, 3.8) is 0 Å². The average molecular weight is 321 g/mol. The predicted molar refractivity (Wildman–Crippen MR) is 95.6 cm³/mol. The van der Waals surface area contributed by atoms with Gasteiger partial charge in [0.2, 0.25) is 0 Å². The third kappa shape index (κ3) is 4.04. The minimum atomic E-state index is -2.41. The van der Waals surface area contributed by atoms with Crippen LogP contribution in [0.25, 0.3) is 0 Å². The number of benzene rings is 1. The van der Waals surface area contributed by atoms with Gasteiger partial charge in [-0.15, -0.1) is 0 Å². The minimum Gasteiger partial charge on any atom is -0.337 e. The van der Waals surface area contributed by atoms with Gasteiger partial charge in [-0.25, -0.2) is 0 Å². The number of rotatable bonds is 4. The van der Waals surface area contributed by atoms with E-state index in [-0.39, 0.29) is 6.04 Å². The van der Waals surface area contributed by atoms with Crippen LogP contribution < -0.4 is 4.72 Å². The SMILES string of the molecule is [CH]S(O)(N[C@@H](C)c1ccc(C(C)(C)C#N)cc1C)C(C)(C)C. The molecular formula is C18H28N2OS. The standard InChI is InChI=1S/C18H28N2OS/c1-13-11-15(18(6,7)12-19)9-10-16(13)14(2)20-22(8,21)17(3,4)5/h8-11,14,20-21H,1-7H3/t14-/m0/s1. The molecule has 1 aromatic rings. The Bertz CT molecular complexity index is 580. The first-order valence-electron chi connectivity index (χ1n) is 7.44. The fourth-order valence-corrected chi connectivity index (χ4v) is 3.14. The van der Waals surface area contributed by atoms with E-state index in [0.717, 1.165) is 16.7 Å². The molecule has 0 aliphatic rings. The maximum Gasteiger partial charge on any atom is 0.0766 e. The van der Waals surface area contributed by atoms with Gasteiger partial charge in [-0.1, -0.05) is 28.7 Å². The molecule has 1 aromatic carbocycles. The fourth-order valence-electron chi connectivity index (χ4n) is 2.12. The van der Waals surface area contributed by atoms with Crippen LogP contribution in [0.15, 0.2) is 18.2 Å². The normalized spacial score (nSPS) is 18.2. The van der Waals surface area contributed by atoms with Crippen molar-refractivity contribution < 1.29 is 4.55 Å². The third-order valence-corrected chi connectivity index (χ3v) is 6.61. The second-order valence-corrected chi connectivity index (χ2v) is 10.1. The van der Waals surface area contributed by atoms with Gasteiger partial charge in [-0.3, -0.25) is 4.72 Å². The summed E-state index contributed by atoms with van der Waals surface area (Å²) in [6.07, 6.45) is 6.09. The van der Waals surface area contributed by atoms with Crippen LogP contribution >= 0.6 is 10.5 Å². The molecule has 0 saturated heterocycles. The zero-order valence-electron chi connectivity index (χ0n) is 14.7. The highest BCUT2D eigenvalue weighted by molar-refractivity contribution is 8.29. The maximum absolute atomic E-state index is 10.5. The van der Waals surface area contributed by atoms with Crippen molar-refractivity contribution in [1.82, 2.24) is 4.72 Å². The number of hydrogen-bond donors (Lipinski definition) is 2. The van der Waals surface area contributed by atoms with Crippen molar-refractivity contribution in [3.8, 4) is 6.07 Å². The van der Waals surface area contributed by atoms with E-state index in [1.165, 1.54) is 0 Å².